The van der Waals surface area contributed by atoms with Gasteiger partial charge in [-0.3, -0.25) is 10.1 Å². The molecule has 2 aromatic carbocycles. The molecule has 0 aromatic heterocycles. The molecule has 0 unspecified atom stereocenters. The minimum Gasteiger partial charge on any atom is -0.504 e. The van der Waals surface area contributed by atoms with Crippen molar-refractivity contribution in [2.45, 2.75) is 0 Å². The Hall–Kier alpha value is -3.33. The number of phenols is 1. The number of rotatable bonds is 4. The van der Waals surface area contributed by atoms with Crippen LogP contribution in [0.1, 0.15) is 11.1 Å². The van der Waals surface area contributed by atoms with Crippen LogP contribution in [0.5, 0.6) is 11.5 Å². The van der Waals surface area contributed by atoms with Crippen molar-refractivity contribution in [2.24, 2.45) is 0 Å². The van der Waals surface area contributed by atoms with Crippen molar-refractivity contribution in [3.63, 3.8) is 0 Å². The van der Waals surface area contributed by atoms with Gasteiger partial charge in [0.25, 0.3) is 5.69 Å². The highest BCUT2D eigenvalue weighted by molar-refractivity contribution is 5.92. The fourth-order valence-corrected chi connectivity index (χ4v) is 1.98. The Kier molecular flexibility index (Phi) is 4.39. The Morgan fingerprint density at radius 2 is 2.09 bits per heavy atom. The molecule has 0 saturated heterocycles. The third kappa shape index (κ3) is 3.04. The first kappa shape index (κ1) is 15.1. The van der Waals surface area contributed by atoms with Crippen molar-refractivity contribution in [3.8, 4) is 17.6 Å². The normalized spacial score (nSPS) is 10.8. The Morgan fingerprint density at radius 1 is 1.36 bits per heavy atom. The molecule has 0 saturated carbocycles. The third-order valence-corrected chi connectivity index (χ3v) is 3.03. The van der Waals surface area contributed by atoms with E-state index in [1.807, 2.05) is 6.07 Å². The van der Waals surface area contributed by atoms with Crippen LogP contribution in [0.15, 0.2) is 42.5 Å². The fourth-order valence-electron chi connectivity index (χ4n) is 1.98. The van der Waals surface area contributed by atoms with Gasteiger partial charge in [-0.1, -0.05) is 18.2 Å². The Balaban J connectivity index is 2.54. The smallest absolute Gasteiger partial charge is 0.277 e. The molecule has 0 aliphatic carbocycles. The number of para-hydroxylation sites is 1. The fraction of sp³-hybridized carbons (Fsp3) is 0.0625. The summed E-state index contributed by atoms with van der Waals surface area (Å²) in [6, 6.07) is 12.6. The van der Waals surface area contributed by atoms with E-state index in [0.717, 1.165) is 0 Å². The highest BCUT2D eigenvalue weighted by atomic mass is 16.6. The first-order chi connectivity index (χ1) is 10.6. The number of nitro groups is 1. The van der Waals surface area contributed by atoms with Crippen LogP contribution < -0.4 is 4.74 Å². The predicted octanol–water partition coefficient (Wildman–Crippen LogP) is 3.37. The van der Waals surface area contributed by atoms with E-state index in [-0.39, 0.29) is 28.3 Å². The lowest BCUT2D eigenvalue weighted by atomic mass is 10.0. The maximum atomic E-state index is 11.1. The van der Waals surface area contributed by atoms with E-state index >= 15 is 0 Å². The second-order valence-corrected chi connectivity index (χ2v) is 4.38. The van der Waals surface area contributed by atoms with Crippen molar-refractivity contribution in [1.82, 2.24) is 0 Å². The van der Waals surface area contributed by atoms with Crippen LogP contribution >= 0.6 is 0 Å². The van der Waals surface area contributed by atoms with Gasteiger partial charge in [0.05, 0.1) is 23.2 Å². The number of hydrogen-bond donors (Lipinski definition) is 1. The lowest BCUT2D eigenvalue weighted by Gasteiger charge is -2.05. The lowest BCUT2D eigenvalue weighted by Crippen LogP contribution is -1.94. The SMILES string of the molecule is COc1cc(/C=C(/C#N)c2ccccc2[N+](=O)[O-])ccc1O. The Labute approximate surface area is 126 Å². The molecular formula is C16H12N2O4. The number of aromatic hydroxyl groups is 1. The molecular weight excluding hydrogens is 284 g/mol. The third-order valence-electron chi connectivity index (χ3n) is 3.03. The van der Waals surface area contributed by atoms with Gasteiger partial charge < -0.3 is 9.84 Å². The summed E-state index contributed by atoms with van der Waals surface area (Å²) >= 11 is 0. The summed E-state index contributed by atoms with van der Waals surface area (Å²) in [5.41, 5.74) is 0.840. The topological polar surface area (TPSA) is 96.4 Å². The molecule has 2 rings (SSSR count). The van der Waals surface area contributed by atoms with Crippen LogP contribution in [0.4, 0.5) is 5.69 Å². The molecule has 0 atom stereocenters. The number of hydrogen-bond acceptors (Lipinski definition) is 5. The average molecular weight is 296 g/mol. The summed E-state index contributed by atoms with van der Waals surface area (Å²) in [5, 5.41) is 29.9. The van der Waals surface area contributed by atoms with Gasteiger partial charge >= 0.3 is 0 Å². The number of phenolic OH excluding ortho intramolecular Hbond substituents is 1. The van der Waals surface area contributed by atoms with E-state index in [1.165, 1.54) is 31.4 Å². The van der Waals surface area contributed by atoms with Crippen molar-refractivity contribution in [3.05, 3.63) is 63.7 Å². The van der Waals surface area contributed by atoms with E-state index in [0.29, 0.717) is 5.56 Å². The molecule has 0 aliphatic rings. The van der Waals surface area contributed by atoms with Gasteiger partial charge in [0.1, 0.15) is 6.07 Å². The van der Waals surface area contributed by atoms with E-state index in [2.05, 4.69) is 0 Å². The first-order valence-corrected chi connectivity index (χ1v) is 6.29. The van der Waals surface area contributed by atoms with Gasteiger partial charge in [0.15, 0.2) is 11.5 Å². The van der Waals surface area contributed by atoms with E-state index in [1.54, 1.807) is 24.3 Å². The van der Waals surface area contributed by atoms with Gasteiger partial charge in [0.2, 0.25) is 0 Å². The average Bonchev–Trinajstić information content (AvgIpc) is 2.54. The molecule has 22 heavy (non-hydrogen) atoms. The molecule has 0 fully saturated rings. The summed E-state index contributed by atoms with van der Waals surface area (Å²) in [6.45, 7) is 0. The van der Waals surface area contributed by atoms with E-state index < -0.39 is 4.92 Å². The van der Waals surface area contributed by atoms with Gasteiger partial charge in [-0.15, -0.1) is 0 Å². The van der Waals surface area contributed by atoms with Crippen LogP contribution in [0, 0.1) is 21.4 Å². The second-order valence-electron chi connectivity index (χ2n) is 4.38. The van der Waals surface area contributed by atoms with Crippen LogP contribution in [0.3, 0.4) is 0 Å². The molecule has 0 radical (unpaired) electrons. The molecule has 0 aliphatic heterocycles. The predicted molar refractivity (Wildman–Crippen MR) is 81.2 cm³/mol. The van der Waals surface area contributed by atoms with Crippen molar-refractivity contribution < 1.29 is 14.8 Å². The maximum Gasteiger partial charge on any atom is 0.277 e. The lowest BCUT2D eigenvalue weighted by molar-refractivity contribution is -0.385. The maximum absolute atomic E-state index is 11.1. The summed E-state index contributed by atoms with van der Waals surface area (Å²) in [7, 11) is 1.41. The molecule has 110 valence electrons. The number of nitrogens with zero attached hydrogens (tertiary/aromatic N) is 2. The largest absolute Gasteiger partial charge is 0.504 e. The molecule has 0 spiro atoms. The summed E-state index contributed by atoms with van der Waals surface area (Å²) in [5.74, 6) is 0.234. The van der Waals surface area contributed by atoms with Gasteiger partial charge in [-0.25, -0.2) is 0 Å². The number of nitro benzene ring substituents is 1. The number of benzene rings is 2. The van der Waals surface area contributed by atoms with Crippen LogP contribution in [-0.2, 0) is 0 Å². The molecule has 2 aromatic rings. The molecule has 0 heterocycles. The molecule has 6 nitrogen and oxygen atoms in total. The van der Waals surface area contributed by atoms with Gasteiger partial charge in [0, 0.05) is 6.07 Å². The second kappa shape index (κ2) is 6.41. The molecule has 1 N–H and O–H groups in total. The zero-order valence-electron chi connectivity index (χ0n) is 11.7. The van der Waals surface area contributed by atoms with Crippen molar-refractivity contribution >= 4 is 17.3 Å². The van der Waals surface area contributed by atoms with Crippen LogP contribution in [0.2, 0.25) is 0 Å². The minimum absolute atomic E-state index is 0.0242. The van der Waals surface area contributed by atoms with Crippen molar-refractivity contribution in [2.75, 3.05) is 7.11 Å². The molecule has 6 heteroatoms. The number of ether oxygens (including phenoxy) is 1. The summed E-state index contributed by atoms with van der Waals surface area (Å²) in [4.78, 5) is 10.5. The first-order valence-electron chi connectivity index (χ1n) is 6.29. The van der Waals surface area contributed by atoms with Crippen LogP contribution in [0.25, 0.3) is 11.6 Å². The highest BCUT2D eigenvalue weighted by Crippen LogP contribution is 2.30. The van der Waals surface area contributed by atoms with Crippen LogP contribution in [-0.4, -0.2) is 17.1 Å². The van der Waals surface area contributed by atoms with Gasteiger partial charge in [-0.2, -0.15) is 5.26 Å². The highest BCUT2D eigenvalue weighted by Gasteiger charge is 2.16. The van der Waals surface area contributed by atoms with E-state index in [9.17, 15) is 20.5 Å². The number of allylic oxidation sites excluding steroid dienone is 1. The minimum atomic E-state index is -0.530. The Morgan fingerprint density at radius 3 is 2.73 bits per heavy atom. The molecule has 0 amide bonds. The van der Waals surface area contributed by atoms with E-state index in [4.69, 9.17) is 4.74 Å². The number of methoxy groups -OCH3 is 1. The zero-order chi connectivity index (χ0) is 16.1. The molecule has 0 bridgehead atoms. The Bertz CT molecular complexity index is 791. The standard InChI is InChI=1S/C16H12N2O4/c1-22-16-9-11(6-7-15(16)19)8-12(10-17)13-4-2-3-5-14(13)18(20)21/h2-9,19H,1H3/b12-8-. The summed E-state index contributed by atoms with van der Waals surface area (Å²) < 4.78 is 5.00. The summed E-state index contributed by atoms with van der Waals surface area (Å²) in [6.07, 6.45) is 1.50. The quantitative estimate of drug-likeness (QED) is 0.404. The zero-order valence-corrected chi connectivity index (χ0v) is 11.7. The van der Waals surface area contributed by atoms with Gasteiger partial charge in [-0.05, 0) is 29.8 Å². The van der Waals surface area contributed by atoms with Crippen molar-refractivity contribution in [1.29, 1.82) is 5.26 Å². The monoisotopic (exact) mass is 296 g/mol. The number of nitriles is 1.